The van der Waals surface area contributed by atoms with Gasteiger partial charge in [-0.2, -0.15) is 0 Å². The molecule has 1 aliphatic carbocycles. The fourth-order valence-electron chi connectivity index (χ4n) is 3.54. The van der Waals surface area contributed by atoms with Crippen LogP contribution in [0.1, 0.15) is 19.3 Å². The SMILES string of the molecule is O=C(O)C1C2CCCC2CN1C(=O)CSc1ccncc1. The second-order valence-corrected chi connectivity index (χ2v) is 6.70. The van der Waals surface area contributed by atoms with E-state index in [0.29, 0.717) is 12.5 Å². The number of rotatable bonds is 4. The first-order valence-electron chi connectivity index (χ1n) is 7.22. The highest BCUT2D eigenvalue weighted by atomic mass is 32.2. The van der Waals surface area contributed by atoms with E-state index in [9.17, 15) is 14.7 Å². The number of amides is 1. The maximum absolute atomic E-state index is 12.4. The van der Waals surface area contributed by atoms with Crippen molar-refractivity contribution in [3.8, 4) is 0 Å². The molecule has 0 spiro atoms. The number of fused-ring (bicyclic) bond motifs is 1. The molecule has 0 radical (unpaired) electrons. The van der Waals surface area contributed by atoms with Crippen molar-refractivity contribution < 1.29 is 14.7 Å². The molecule has 0 aromatic carbocycles. The summed E-state index contributed by atoms with van der Waals surface area (Å²) in [6.07, 6.45) is 6.45. The quantitative estimate of drug-likeness (QED) is 0.860. The van der Waals surface area contributed by atoms with Crippen molar-refractivity contribution in [2.45, 2.75) is 30.2 Å². The number of aliphatic carboxylic acids is 1. The average Bonchev–Trinajstić information content (AvgIpc) is 3.05. The fourth-order valence-corrected chi connectivity index (χ4v) is 4.31. The van der Waals surface area contributed by atoms with Gasteiger partial charge in [-0.1, -0.05) is 6.42 Å². The summed E-state index contributed by atoms with van der Waals surface area (Å²) < 4.78 is 0. The summed E-state index contributed by atoms with van der Waals surface area (Å²) in [7, 11) is 0. The first-order valence-corrected chi connectivity index (χ1v) is 8.20. The minimum absolute atomic E-state index is 0.0707. The van der Waals surface area contributed by atoms with E-state index in [1.807, 2.05) is 12.1 Å². The number of carbonyl (C=O) groups is 2. The molecule has 3 unspecified atom stereocenters. The highest BCUT2D eigenvalue weighted by molar-refractivity contribution is 8.00. The number of likely N-dealkylation sites (tertiary alicyclic amines) is 1. The summed E-state index contributed by atoms with van der Waals surface area (Å²) in [4.78, 5) is 30.4. The van der Waals surface area contributed by atoms with Gasteiger partial charge in [0.1, 0.15) is 6.04 Å². The summed E-state index contributed by atoms with van der Waals surface area (Å²) in [6, 6.07) is 3.08. The maximum Gasteiger partial charge on any atom is 0.326 e. The van der Waals surface area contributed by atoms with Crippen molar-refractivity contribution in [2.24, 2.45) is 11.8 Å². The van der Waals surface area contributed by atoms with Crippen LogP contribution in [0.2, 0.25) is 0 Å². The lowest BCUT2D eigenvalue weighted by molar-refractivity contribution is -0.148. The van der Waals surface area contributed by atoms with Crippen LogP contribution in [0, 0.1) is 11.8 Å². The Labute approximate surface area is 127 Å². The van der Waals surface area contributed by atoms with E-state index in [1.54, 1.807) is 17.3 Å². The summed E-state index contributed by atoms with van der Waals surface area (Å²) in [5.41, 5.74) is 0. The van der Waals surface area contributed by atoms with Crippen LogP contribution in [0.4, 0.5) is 0 Å². The van der Waals surface area contributed by atoms with Gasteiger partial charge in [0, 0.05) is 23.8 Å². The van der Waals surface area contributed by atoms with Gasteiger partial charge >= 0.3 is 5.97 Å². The summed E-state index contributed by atoms with van der Waals surface area (Å²) in [5.74, 6) is -0.114. The van der Waals surface area contributed by atoms with Crippen molar-refractivity contribution in [3.05, 3.63) is 24.5 Å². The Bertz CT molecular complexity index is 537. The molecule has 21 heavy (non-hydrogen) atoms. The van der Waals surface area contributed by atoms with Gasteiger partial charge in [0.2, 0.25) is 5.91 Å². The van der Waals surface area contributed by atoms with Crippen LogP contribution in [-0.4, -0.2) is 45.2 Å². The van der Waals surface area contributed by atoms with E-state index in [4.69, 9.17) is 0 Å². The van der Waals surface area contributed by atoms with Crippen molar-refractivity contribution in [3.63, 3.8) is 0 Å². The molecule has 3 rings (SSSR count). The summed E-state index contributed by atoms with van der Waals surface area (Å²) >= 11 is 1.43. The molecule has 1 aromatic heterocycles. The molecule has 3 atom stereocenters. The van der Waals surface area contributed by atoms with Crippen LogP contribution in [0.25, 0.3) is 0 Å². The Morgan fingerprint density at radius 1 is 1.33 bits per heavy atom. The molecule has 1 aliphatic heterocycles. The number of pyridine rings is 1. The highest BCUT2D eigenvalue weighted by Crippen LogP contribution is 2.42. The topological polar surface area (TPSA) is 70.5 Å². The number of carboxylic acid groups (broad SMARTS) is 1. The van der Waals surface area contributed by atoms with Crippen LogP contribution in [0.3, 0.4) is 0 Å². The summed E-state index contributed by atoms with van der Waals surface area (Å²) in [6.45, 7) is 0.609. The zero-order valence-electron chi connectivity index (χ0n) is 11.6. The van der Waals surface area contributed by atoms with Gasteiger partial charge < -0.3 is 10.0 Å². The first-order chi connectivity index (χ1) is 10.2. The van der Waals surface area contributed by atoms with Gasteiger partial charge in [-0.25, -0.2) is 4.79 Å². The number of nitrogens with zero attached hydrogens (tertiary/aromatic N) is 2. The van der Waals surface area contributed by atoms with Gasteiger partial charge in [0.15, 0.2) is 0 Å². The molecule has 2 fully saturated rings. The lowest BCUT2D eigenvalue weighted by Crippen LogP contribution is -2.44. The molecule has 112 valence electrons. The number of carbonyl (C=O) groups excluding carboxylic acids is 1. The Kier molecular flexibility index (Phi) is 4.14. The number of hydrogen-bond donors (Lipinski definition) is 1. The number of aromatic nitrogens is 1. The van der Waals surface area contributed by atoms with E-state index in [2.05, 4.69) is 4.98 Å². The van der Waals surface area contributed by atoms with Crippen molar-refractivity contribution in [2.75, 3.05) is 12.3 Å². The van der Waals surface area contributed by atoms with E-state index < -0.39 is 12.0 Å². The van der Waals surface area contributed by atoms with Gasteiger partial charge in [-0.05, 0) is 36.8 Å². The third-order valence-electron chi connectivity index (χ3n) is 4.48. The third-order valence-corrected chi connectivity index (χ3v) is 5.47. The highest BCUT2D eigenvalue weighted by Gasteiger charge is 2.49. The Hall–Kier alpha value is -1.56. The van der Waals surface area contributed by atoms with E-state index in [-0.39, 0.29) is 17.6 Å². The monoisotopic (exact) mass is 306 g/mol. The molecule has 1 aromatic rings. The van der Waals surface area contributed by atoms with E-state index in [1.165, 1.54) is 11.8 Å². The molecule has 6 heteroatoms. The Balaban J connectivity index is 1.65. The van der Waals surface area contributed by atoms with Crippen LogP contribution in [0.5, 0.6) is 0 Å². The largest absolute Gasteiger partial charge is 0.480 e. The Morgan fingerprint density at radius 3 is 2.81 bits per heavy atom. The minimum Gasteiger partial charge on any atom is -0.480 e. The number of hydrogen-bond acceptors (Lipinski definition) is 4. The zero-order chi connectivity index (χ0) is 14.8. The molecular weight excluding hydrogens is 288 g/mol. The van der Waals surface area contributed by atoms with Crippen LogP contribution >= 0.6 is 11.8 Å². The predicted octanol–water partition coefficient (Wildman–Crippen LogP) is 1.89. The van der Waals surface area contributed by atoms with Gasteiger partial charge in [-0.3, -0.25) is 9.78 Å². The molecule has 1 saturated heterocycles. The van der Waals surface area contributed by atoms with E-state index in [0.717, 1.165) is 24.2 Å². The van der Waals surface area contributed by atoms with Crippen LogP contribution in [0.15, 0.2) is 29.4 Å². The van der Waals surface area contributed by atoms with Crippen molar-refractivity contribution in [1.29, 1.82) is 0 Å². The zero-order valence-corrected chi connectivity index (χ0v) is 12.5. The molecule has 5 nitrogen and oxygen atoms in total. The molecule has 2 aliphatic rings. The molecular formula is C15H18N2O3S. The lowest BCUT2D eigenvalue weighted by Gasteiger charge is -2.24. The lowest BCUT2D eigenvalue weighted by atomic mass is 9.94. The smallest absolute Gasteiger partial charge is 0.326 e. The molecule has 0 bridgehead atoms. The van der Waals surface area contributed by atoms with Crippen LogP contribution in [-0.2, 0) is 9.59 Å². The molecule has 1 amide bonds. The van der Waals surface area contributed by atoms with E-state index >= 15 is 0 Å². The third kappa shape index (κ3) is 2.90. The first kappa shape index (κ1) is 14.4. The van der Waals surface area contributed by atoms with Crippen LogP contribution < -0.4 is 0 Å². The molecule has 1 N–H and O–H groups in total. The normalized spacial score (nSPS) is 27.6. The predicted molar refractivity (Wildman–Crippen MR) is 78.9 cm³/mol. The standard InChI is InChI=1S/C15H18N2O3S/c18-13(9-21-11-4-6-16-7-5-11)17-8-10-2-1-3-12(10)14(17)15(19)20/h4-7,10,12,14H,1-3,8-9H2,(H,19,20). The molecule has 2 heterocycles. The fraction of sp³-hybridized carbons (Fsp3) is 0.533. The second kappa shape index (κ2) is 6.05. The minimum atomic E-state index is -0.855. The van der Waals surface area contributed by atoms with Gasteiger partial charge in [0.25, 0.3) is 0 Å². The second-order valence-electron chi connectivity index (χ2n) is 5.66. The number of carboxylic acids is 1. The summed E-state index contributed by atoms with van der Waals surface area (Å²) in [5, 5.41) is 9.46. The van der Waals surface area contributed by atoms with Gasteiger partial charge in [0.05, 0.1) is 5.75 Å². The molecule has 1 saturated carbocycles. The maximum atomic E-state index is 12.4. The average molecular weight is 306 g/mol. The Morgan fingerprint density at radius 2 is 2.10 bits per heavy atom. The number of thioether (sulfide) groups is 1. The van der Waals surface area contributed by atoms with Crippen molar-refractivity contribution in [1.82, 2.24) is 9.88 Å². The van der Waals surface area contributed by atoms with Crippen molar-refractivity contribution >= 4 is 23.6 Å². The van der Waals surface area contributed by atoms with Gasteiger partial charge in [-0.15, -0.1) is 11.8 Å².